The highest BCUT2D eigenvalue weighted by atomic mass is 32.2. The van der Waals surface area contributed by atoms with Gasteiger partial charge in [-0.05, 0) is 55.3 Å². The van der Waals surface area contributed by atoms with E-state index >= 15 is 0 Å². The van der Waals surface area contributed by atoms with Crippen LogP contribution in [0.5, 0.6) is 11.5 Å². The molecule has 8 nitrogen and oxygen atoms in total. The second-order valence-electron chi connectivity index (χ2n) is 7.37. The van der Waals surface area contributed by atoms with Crippen molar-refractivity contribution >= 4 is 15.7 Å². The van der Waals surface area contributed by atoms with Gasteiger partial charge in [0.1, 0.15) is 16.4 Å². The van der Waals surface area contributed by atoms with Crippen molar-refractivity contribution in [2.75, 3.05) is 14.2 Å². The van der Waals surface area contributed by atoms with E-state index in [9.17, 15) is 8.42 Å². The van der Waals surface area contributed by atoms with E-state index in [1.54, 1.807) is 48.2 Å². The molecular formula is C23H24N4O4S. The summed E-state index contributed by atoms with van der Waals surface area (Å²) in [4.78, 5) is 4.64. The number of ether oxygens (including phenoxy) is 2. The van der Waals surface area contributed by atoms with Crippen molar-refractivity contribution in [2.45, 2.75) is 25.3 Å². The standard InChI is InChI=1S/C23H24N4O4S/c1-15-10-16(2)27-23(26-15)20(14-24-27)18-8-9-21(31-4)22(12-18)32(28,29)25-13-17-6-5-7-19(11-17)30-3/h5-12,14,25H,13H2,1-4H3. The summed E-state index contributed by atoms with van der Waals surface area (Å²) in [6.07, 6.45) is 1.69. The molecule has 0 bridgehead atoms. The topological polar surface area (TPSA) is 94.8 Å². The molecule has 0 saturated heterocycles. The third kappa shape index (κ3) is 4.17. The SMILES string of the molecule is COc1cccc(CNS(=O)(=O)c2cc(-c3cnn4c(C)cc(C)nc34)ccc2OC)c1. The third-order valence-electron chi connectivity index (χ3n) is 5.14. The van der Waals surface area contributed by atoms with Crippen molar-refractivity contribution in [2.24, 2.45) is 0 Å². The van der Waals surface area contributed by atoms with Gasteiger partial charge in [-0.1, -0.05) is 18.2 Å². The monoisotopic (exact) mass is 452 g/mol. The average Bonchev–Trinajstić information content (AvgIpc) is 3.21. The number of nitrogens with zero attached hydrogens (tertiary/aromatic N) is 3. The summed E-state index contributed by atoms with van der Waals surface area (Å²) < 4.78 is 41.3. The molecule has 0 atom stereocenters. The molecular weight excluding hydrogens is 428 g/mol. The first-order valence-electron chi connectivity index (χ1n) is 9.95. The van der Waals surface area contributed by atoms with E-state index in [4.69, 9.17) is 9.47 Å². The number of fused-ring (bicyclic) bond motifs is 1. The first-order valence-corrected chi connectivity index (χ1v) is 11.4. The molecule has 0 aliphatic rings. The van der Waals surface area contributed by atoms with Crippen LogP contribution in [0.1, 0.15) is 17.0 Å². The van der Waals surface area contributed by atoms with Gasteiger partial charge in [-0.2, -0.15) is 5.10 Å². The zero-order valence-electron chi connectivity index (χ0n) is 18.3. The number of methoxy groups -OCH3 is 2. The fourth-order valence-electron chi connectivity index (χ4n) is 3.57. The summed E-state index contributed by atoms with van der Waals surface area (Å²) in [5.74, 6) is 0.913. The molecule has 4 aromatic rings. The summed E-state index contributed by atoms with van der Waals surface area (Å²) in [7, 11) is -0.856. The molecule has 1 N–H and O–H groups in total. The Morgan fingerprint density at radius 1 is 1.03 bits per heavy atom. The number of rotatable bonds is 7. The van der Waals surface area contributed by atoms with Crippen LogP contribution in [-0.4, -0.2) is 37.2 Å². The molecule has 0 saturated carbocycles. The Morgan fingerprint density at radius 3 is 2.59 bits per heavy atom. The van der Waals surface area contributed by atoms with Gasteiger partial charge in [0.25, 0.3) is 0 Å². The van der Waals surface area contributed by atoms with Crippen LogP contribution in [0.3, 0.4) is 0 Å². The van der Waals surface area contributed by atoms with Crippen LogP contribution in [0.15, 0.2) is 59.6 Å². The second-order valence-corrected chi connectivity index (χ2v) is 9.11. The molecule has 2 aromatic carbocycles. The molecule has 0 radical (unpaired) electrons. The van der Waals surface area contributed by atoms with E-state index in [2.05, 4.69) is 14.8 Å². The van der Waals surface area contributed by atoms with Crippen molar-refractivity contribution < 1.29 is 17.9 Å². The van der Waals surface area contributed by atoms with Gasteiger partial charge in [0.15, 0.2) is 5.65 Å². The molecule has 0 amide bonds. The lowest BCUT2D eigenvalue weighted by molar-refractivity contribution is 0.402. The molecule has 0 aliphatic carbocycles. The van der Waals surface area contributed by atoms with Crippen LogP contribution in [-0.2, 0) is 16.6 Å². The van der Waals surface area contributed by atoms with Crippen molar-refractivity contribution in [3.63, 3.8) is 0 Å². The van der Waals surface area contributed by atoms with Gasteiger partial charge < -0.3 is 9.47 Å². The fraction of sp³-hybridized carbons (Fsp3) is 0.217. The minimum Gasteiger partial charge on any atom is -0.497 e. The maximum absolute atomic E-state index is 13.2. The van der Waals surface area contributed by atoms with E-state index in [0.29, 0.717) is 17.0 Å². The third-order valence-corrected chi connectivity index (χ3v) is 6.56. The van der Waals surface area contributed by atoms with Gasteiger partial charge in [0.2, 0.25) is 10.0 Å². The maximum Gasteiger partial charge on any atom is 0.244 e. The summed E-state index contributed by atoms with van der Waals surface area (Å²) in [6.45, 7) is 3.98. The quantitative estimate of drug-likeness (QED) is 0.461. The molecule has 2 aromatic heterocycles. The Hall–Kier alpha value is -3.43. The first kappa shape index (κ1) is 21.8. The van der Waals surface area contributed by atoms with Crippen molar-refractivity contribution in [1.82, 2.24) is 19.3 Å². The molecule has 9 heteroatoms. The number of hydrogen-bond acceptors (Lipinski definition) is 6. The van der Waals surface area contributed by atoms with E-state index in [1.165, 1.54) is 7.11 Å². The molecule has 0 spiro atoms. The minimum atomic E-state index is -3.87. The minimum absolute atomic E-state index is 0.0455. The lowest BCUT2D eigenvalue weighted by Crippen LogP contribution is -2.23. The highest BCUT2D eigenvalue weighted by Crippen LogP contribution is 2.32. The van der Waals surface area contributed by atoms with Crippen molar-refractivity contribution in [3.8, 4) is 22.6 Å². The highest BCUT2D eigenvalue weighted by molar-refractivity contribution is 7.89. The van der Waals surface area contributed by atoms with Crippen molar-refractivity contribution in [3.05, 3.63) is 71.7 Å². The lowest BCUT2D eigenvalue weighted by atomic mass is 10.1. The summed E-state index contributed by atoms with van der Waals surface area (Å²) in [6, 6.07) is 14.2. The number of nitrogens with one attached hydrogen (secondary N) is 1. The molecule has 0 unspecified atom stereocenters. The zero-order valence-corrected chi connectivity index (χ0v) is 19.1. The fourth-order valence-corrected chi connectivity index (χ4v) is 4.78. The smallest absolute Gasteiger partial charge is 0.244 e. The van der Waals surface area contributed by atoms with Crippen LogP contribution in [0.4, 0.5) is 0 Å². The average molecular weight is 453 g/mol. The van der Waals surface area contributed by atoms with Crippen LogP contribution >= 0.6 is 0 Å². The number of aromatic nitrogens is 3. The van der Waals surface area contributed by atoms with Crippen LogP contribution < -0.4 is 14.2 Å². The van der Waals surface area contributed by atoms with Gasteiger partial charge >= 0.3 is 0 Å². The Balaban J connectivity index is 1.72. The maximum atomic E-state index is 13.2. The lowest BCUT2D eigenvalue weighted by Gasteiger charge is -2.13. The Morgan fingerprint density at radius 2 is 1.84 bits per heavy atom. The molecule has 0 fully saturated rings. The predicted molar refractivity (Wildman–Crippen MR) is 121 cm³/mol. The van der Waals surface area contributed by atoms with Gasteiger partial charge in [-0.25, -0.2) is 22.6 Å². The number of benzene rings is 2. The predicted octanol–water partition coefficient (Wildman–Crippen LogP) is 3.51. The van der Waals surface area contributed by atoms with E-state index in [-0.39, 0.29) is 17.2 Å². The summed E-state index contributed by atoms with van der Waals surface area (Å²) in [5.41, 5.74) is 4.67. The highest BCUT2D eigenvalue weighted by Gasteiger charge is 2.22. The summed E-state index contributed by atoms with van der Waals surface area (Å²) >= 11 is 0. The summed E-state index contributed by atoms with van der Waals surface area (Å²) in [5, 5.41) is 4.41. The number of aryl methyl sites for hydroxylation is 2. The van der Waals surface area contributed by atoms with E-state index in [0.717, 1.165) is 22.5 Å². The first-order chi connectivity index (χ1) is 15.3. The number of sulfonamides is 1. The second kappa shape index (κ2) is 8.60. The van der Waals surface area contributed by atoms with Crippen LogP contribution in [0.25, 0.3) is 16.8 Å². The molecule has 166 valence electrons. The van der Waals surface area contributed by atoms with Crippen molar-refractivity contribution in [1.29, 1.82) is 0 Å². The number of hydrogen-bond donors (Lipinski definition) is 1. The zero-order chi connectivity index (χ0) is 22.9. The van der Waals surface area contributed by atoms with E-state index < -0.39 is 10.0 Å². The van der Waals surface area contributed by atoms with Crippen LogP contribution in [0, 0.1) is 13.8 Å². The largest absolute Gasteiger partial charge is 0.497 e. The van der Waals surface area contributed by atoms with E-state index in [1.807, 2.05) is 32.0 Å². The van der Waals surface area contributed by atoms with Crippen LogP contribution in [0.2, 0.25) is 0 Å². The molecule has 32 heavy (non-hydrogen) atoms. The van der Waals surface area contributed by atoms with Gasteiger partial charge in [-0.3, -0.25) is 0 Å². The van der Waals surface area contributed by atoms with Gasteiger partial charge in [0, 0.05) is 23.5 Å². The Labute approximate surface area is 186 Å². The Bertz CT molecular complexity index is 1400. The van der Waals surface area contributed by atoms with Gasteiger partial charge in [0.05, 0.1) is 20.4 Å². The normalized spacial score (nSPS) is 11.6. The van der Waals surface area contributed by atoms with Gasteiger partial charge in [-0.15, -0.1) is 0 Å². The molecule has 2 heterocycles. The molecule has 4 rings (SSSR count). The molecule has 0 aliphatic heterocycles. The Kier molecular flexibility index (Phi) is 5.86.